The lowest BCUT2D eigenvalue weighted by Crippen LogP contribution is -2.34. The van der Waals surface area contributed by atoms with Crippen LogP contribution in [0.1, 0.15) is 66.9 Å². The Morgan fingerprint density at radius 3 is 2.92 bits per heavy atom. The maximum Gasteiger partial charge on any atom is 0.270 e. The Hall–Kier alpha value is -2.37. The molecule has 5 nitrogen and oxygen atoms in total. The number of carbonyl (C=O) groups excluding carboxylic acids is 1. The standard InChI is InChI=1S/C19H24FN3O2/c1-4-13(5-2)23-17(11-12(3)22-23)19(24)21-16-9-10-25-18-14(16)7-6-8-15(18)20/h6-8,11,13,16H,4-5,9-10H2,1-3H3,(H,21,24)/t16-/m0/s1. The molecular weight excluding hydrogens is 321 g/mol. The van der Waals surface area contributed by atoms with E-state index < -0.39 is 5.82 Å². The van der Waals surface area contributed by atoms with Crippen LogP contribution in [0.2, 0.25) is 0 Å². The van der Waals surface area contributed by atoms with Crippen LogP contribution in [-0.4, -0.2) is 22.3 Å². The molecule has 1 aromatic carbocycles. The molecule has 0 saturated carbocycles. The minimum atomic E-state index is -0.394. The van der Waals surface area contributed by atoms with E-state index >= 15 is 0 Å². The van der Waals surface area contributed by atoms with Gasteiger partial charge in [0.15, 0.2) is 11.6 Å². The van der Waals surface area contributed by atoms with Crippen molar-refractivity contribution in [2.75, 3.05) is 6.61 Å². The summed E-state index contributed by atoms with van der Waals surface area (Å²) in [6.07, 6.45) is 2.42. The molecule has 1 aliphatic rings. The molecule has 1 aromatic heterocycles. The van der Waals surface area contributed by atoms with Crippen LogP contribution < -0.4 is 10.1 Å². The van der Waals surface area contributed by atoms with Gasteiger partial charge >= 0.3 is 0 Å². The van der Waals surface area contributed by atoms with Crippen LogP contribution in [0.25, 0.3) is 0 Å². The molecule has 0 unspecified atom stereocenters. The van der Waals surface area contributed by atoms with Crippen LogP contribution in [0.4, 0.5) is 4.39 Å². The van der Waals surface area contributed by atoms with Crippen molar-refractivity contribution in [1.82, 2.24) is 15.1 Å². The molecule has 25 heavy (non-hydrogen) atoms. The van der Waals surface area contributed by atoms with Gasteiger partial charge in [0, 0.05) is 12.0 Å². The van der Waals surface area contributed by atoms with Gasteiger partial charge in [0.05, 0.1) is 24.4 Å². The molecule has 1 aliphatic heterocycles. The second kappa shape index (κ2) is 7.25. The summed E-state index contributed by atoms with van der Waals surface area (Å²) in [6, 6.07) is 6.53. The zero-order valence-corrected chi connectivity index (χ0v) is 14.9. The van der Waals surface area contributed by atoms with Gasteiger partial charge < -0.3 is 10.1 Å². The lowest BCUT2D eigenvalue weighted by atomic mass is 10.00. The first-order chi connectivity index (χ1) is 12.0. The SMILES string of the molecule is CCC(CC)n1nc(C)cc1C(=O)N[C@H]1CCOc2c(F)cccc21. The second-order valence-electron chi connectivity index (χ2n) is 6.41. The predicted molar refractivity (Wildman–Crippen MR) is 93.3 cm³/mol. The molecule has 0 spiro atoms. The van der Waals surface area contributed by atoms with Crippen LogP contribution >= 0.6 is 0 Å². The lowest BCUT2D eigenvalue weighted by molar-refractivity contribution is 0.0909. The first-order valence-electron chi connectivity index (χ1n) is 8.83. The van der Waals surface area contributed by atoms with Gasteiger partial charge in [-0.2, -0.15) is 5.10 Å². The normalized spacial score (nSPS) is 16.4. The van der Waals surface area contributed by atoms with Gasteiger partial charge in [-0.05, 0) is 31.9 Å². The Morgan fingerprint density at radius 2 is 2.20 bits per heavy atom. The third-order valence-corrected chi connectivity index (χ3v) is 4.71. The van der Waals surface area contributed by atoms with Gasteiger partial charge in [-0.3, -0.25) is 9.48 Å². The van der Waals surface area contributed by atoms with Gasteiger partial charge in [0.2, 0.25) is 0 Å². The van der Waals surface area contributed by atoms with Crippen molar-refractivity contribution in [1.29, 1.82) is 0 Å². The average molecular weight is 345 g/mol. The molecule has 2 aromatic rings. The number of hydrogen-bond acceptors (Lipinski definition) is 3. The summed E-state index contributed by atoms with van der Waals surface area (Å²) in [5.74, 6) is -0.340. The van der Waals surface area contributed by atoms with Crippen molar-refractivity contribution in [2.24, 2.45) is 0 Å². The molecule has 1 amide bonds. The highest BCUT2D eigenvalue weighted by Crippen LogP contribution is 2.34. The number of halogens is 1. The van der Waals surface area contributed by atoms with E-state index in [1.165, 1.54) is 6.07 Å². The number of para-hydroxylation sites is 1. The van der Waals surface area contributed by atoms with Crippen molar-refractivity contribution in [3.05, 3.63) is 47.0 Å². The topological polar surface area (TPSA) is 56.2 Å². The van der Waals surface area contributed by atoms with E-state index in [1.807, 2.05) is 11.6 Å². The van der Waals surface area contributed by atoms with E-state index in [-0.39, 0.29) is 23.7 Å². The Kier molecular flexibility index (Phi) is 5.06. The van der Waals surface area contributed by atoms with E-state index in [0.29, 0.717) is 24.3 Å². The largest absolute Gasteiger partial charge is 0.490 e. The molecule has 0 bridgehead atoms. The average Bonchev–Trinajstić information content (AvgIpc) is 2.99. The van der Waals surface area contributed by atoms with Crippen molar-refractivity contribution in [2.45, 2.75) is 52.1 Å². The summed E-state index contributed by atoms with van der Waals surface area (Å²) in [7, 11) is 0. The van der Waals surface area contributed by atoms with E-state index in [0.717, 1.165) is 18.5 Å². The monoisotopic (exact) mass is 345 g/mol. The van der Waals surface area contributed by atoms with Gasteiger partial charge in [-0.15, -0.1) is 0 Å². The number of carbonyl (C=O) groups is 1. The minimum absolute atomic E-state index is 0.186. The third kappa shape index (κ3) is 3.38. The van der Waals surface area contributed by atoms with Gasteiger partial charge in [0.25, 0.3) is 5.91 Å². The number of fused-ring (bicyclic) bond motifs is 1. The summed E-state index contributed by atoms with van der Waals surface area (Å²) in [5, 5.41) is 7.53. The van der Waals surface area contributed by atoms with Crippen LogP contribution in [0.15, 0.2) is 24.3 Å². The van der Waals surface area contributed by atoms with Crippen molar-refractivity contribution < 1.29 is 13.9 Å². The summed E-state index contributed by atoms with van der Waals surface area (Å²) in [5.41, 5.74) is 2.05. The summed E-state index contributed by atoms with van der Waals surface area (Å²) in [4.78, 5) is 12.9. The Morgan fingerprint density at radius 1 is 1.44 bits per heavy atom. The van der Waals surface area contributed by atoms with Gasteiger partial charge in [-0.25, -0.2) is 4.39 Å². The molecule has 0 saturated heterocycles. The molecule has 0 aliphatic carbocycles. The molecule has 0 radical (unpaired) electrons. The fraction of sp³-hybridized carbons (Fsp3) is 0.474. The van der Waals surface area contributed by atoms with Crippen molar-refractivity contribution >= 4 is 5.91 Å². The lowest BCUT2D eigenvalue weighted by Gasteiger charge is -2.27. The first kappa shape index (κ1) is 17.5. The Balaban J connectivity index is 1.86. The fourth-order valence-electron chi connectivity index (χ4n) is 3.37. The first-order valence-corrected chi connectivity index (χ1v) is 8.83. The molecule has 134 valence electrons. The van der Waals surface area contributed by atoms with E-state index in [4.69, 9.17) is 4.74 Å². The summed E-state index contributed by atoms with van der Waals surface area (Å²) < 4.78 is 21.2. The molecule has 2 heterocycles. The van der Waals surface area contributed by atoms with Crippen LogP contribution in [0, 0.1) is 12.7 Å². The highest BCUT2D eigenvalue weighted by molar-refractivity contribution is 5.93. The van der Waals surface area contributed by atoms with Crippen molar-refractivity contribution in [3.63, 3.8) is 0 Å². The molecule has 3 rings (SSSR count). The zero-order valence-electron chi connectivity index (χ0n) is 14.9. The van der Waals surface area contributed by atoms with Crippen LogP contribution in [0.5, 0.6) is 5.75 Å². The zero-order chi connectivity index (χ0) is 18.0. The number of aryl methyl sites for hydroxylation is 1. The maximum absolute atomic E-state index is 13.9. The minimum Gasteiger partial charge on any atom is -0.490 e. The predicted octanol–water partition coefficient (Wildman–Crippen LogP) is 3.95. The molecule has 1 N–H and O–H groups in total. The molecule has 1 atom stereocenters. The highest BCUT2D eigenvalue weighted by Gasteiger charge is 2.27. The van der Waals surface area contributed by atoms with Gasteiger partial charge in [-0.1, -0.05) is 26.0 Å². The van der Waals surface area contributed by atoms with Crippen LogP contribution in [-0.2, 0) is 0 Å². The Bertz CT molecular complexity index is 768. The number of benzene rings is 1. The number of rotatable bonds is 5. The number of ether oxygens (including phenoxy) is 1. The number of nitrogens with one attached hydrogen (secondary N) is 1. The number of amides is 1. The second-order valence-corrected chi connectivity index (χ2v) is 6.41. The molecular formula is C19H24FN3O2. The maximum atomic E-state index is 13.9. The number of hydrogen-bond donors (Lipinski definition) is 1. The highest BCUT2D eigenvalue weighted by atomic mass is 19.1. The number of nitrogens with zero attached hydrogens (tertiary/aromatic N) is 2. The Labute approximate surface area is 147 Å². The smallest absolute Gasteiger partial charge is 0.270 e. The van der Waals surface area contributed by atoms with E-state index in [1.54, 1.807) is 18.2 Å². The van der Waals surface area contributed by atoms with Crippen LogP contribution in [0.3, 0.4) is 0 Å². The molecule has 6 heteroatoms. The quantitative estimate of drug-likeness (QED) is 0.893. The van der Waals surface area contributed by atoms with Gasteiger partial charge in [0.1, 0.15) is 5.69 Å². The summed E-state index contributed by atoms with van der Waals surface area (Å²) in [6.45, 7) is 6.44. The van der Waals surface area contributed by atoms with Crippen molar-refractivity contribution in [3.8, 4) is 5.75 Å². The van der Waals surface area contributed by atoms with E-state index in [2.05, 4.69) is 24.3 Å². The molecule has 0 fully saturated rings. The van der Waals surface area contributed by atoms with E-state index in [9.17, 15) is 9.18 Å². The summed E-state index contributed by atoms with van der Waals surface area (Å²) >= 11 is 0. The fourth-order valence-corrected chi connectivity index (χ4v) is 3.37. The number of aromatic nitrogens is 2. The third-order valence-electron chi connectivity index (χ3n) is 4.71.